The van der Waals surface area contributed by atoms with Crippen LogP contribution in [0.2, 0.25) is 0 Å². The van der Waals surface area contributed by atoms with Crippen molar-refractivity contribution in [2.45, 2.75) is 0 Å². The van der Waals surface area contributed by atoms with Crippen LogP contribution in [-0.4, -0.2) is 18.1 Å². The van der Waals surface area contributed by atoms with Crippen molar-refractivity contribution in [2.75, 3.05) is 12.4 Å². The minimum atomic E-state index is -0.538. The average molecular weight is 294 g/mol. The number of ether oxygens (including phenoxy) is 1. The van der Waals surface area contributed by atoms with Crippen LogP contribution in [0.1, 0.15) is 5.56 Å². The van der Waals surface area contributed by atoms with Crippen LogP contribution in [-0.2, 0) is 4.79 Å². The van der Waals surface area contributed by atoms with Gasteiger partial charge in [-0.15, -0.1) is 0 Å². The van der Waals surface area contributed by atoms with E-state index in [1.807, 2.05) is 12.1 Å². The summed E-state index contributed by atoms with van der Waals surface area (Å²) in [5, 5.41) is 21.6. The van der Waals surface area contributed by atoms with Crippen LogP contribution in [0.3, 0.4) is 0 Å². The molecule has 2 rings (SSSR count). The van der Waals surface area contributed by atoms with Gasteiger partial charge in [0.05, 0.1) is 7.11 Å². The second-order valence-electron chi connectivity index (χ2n) is 4.41. The number of rotatable bonds is 4. The molecule has 0 fully saturated rings. The number of nitrogens with one attached hydrogen (secondary N) is 1. The van der Waals surface area contributed by atoms with E-state index in [1.54, 1.807) is 36.4 Å². The number of benzene rings is 2. The van der Waals surface area contributed by atoms with Crippen LogP contribution in [0.25, 0.3) is 6.08 Å². The highest BCUT2D eigenvalue weighted by Crippen LogP contribution is 2.25. The molecule has 0 radical (unpaired) electrons. The predicted molar refractivity (Wildman–Crippen MR) is 83.3 cm³/mol. The van der Waals surface area contributed by atoms with Crippen LogP contribution in [0.15, 0.2) is 54.1 Å². The SMILES string of the molecule is COc1ccc(/C=C(\C#N)C(=O)Nc2ccccc2)c(O)c1. The Hall–Kier alpha value is -3.26. The highest BCUT2D eigenvalue weighted by atomic mass is 16.5. The number of carbonyl (C=O) groups excluding carboxylic acids is 1. The molecule has 1 amide bonds. The third-order valence-electron chi connectivity index (χ3n) is 2.93. The van der Waals surface area contributed by atoms with Crippen molar-refractivity contribution < 1.29 is 14.6 Å². The highest BCUT2D eigenvalue weighted by molar-refractivity contribution is 6.09. The number of phenols is 1. The summed E-state index contributed by atoms with van der Waals surface area (Å²) in [6.07, 6.45) is 1.33. The van der Waals surface area contributed by atoms with E-state index in [-0.39, 0.29) is 11.3 Å². The number of nitriles is 1. The lowest BCUT2D eigenvalue weighted by molar-refractivity contribution is -0.112. The number of phenolic OH excluding ortho intramolecular Hbond substituents is 1. The maximum Gasteiger partial charge on any atom is 0.266 e. The van der Waals surface area contributed by atoms with Crippen molar-refractivity contribution in [3.8, 4) is 17.6 Å². The average Bonchev–Trinajstić information content (AvgIpc) is 2.54. The molecule has 0 aliphatic carbocycles. The number of para-hydroxylation sites is 1. The number of hydrogen-bond acceptors (Lipinski definition) is 4. The molecular weight excluding hydrogens is 280 g/mol. The molecule has 0 aliphatic heterocycles. The molecule has 0 atom stereocenters. The first-order valence-corrected chi connectivity index (χ1v) is 6.49. The molecule has 0 saturated heterocycles. The minimum absolute atomic E-state index is 0.0698. The number of amides is 1. The fourth-order valence-corrected chi connectivity index (χ4v) is 1.80. The standard InChI is InChI=1S/C17H14N2O3/c1-22-15-8-7-12(16(20)10-15)9-13(11-18)17(21)19-14-5-3-2-4-6-14/h2-10,20H,1H3,(H,19,21)/b13-9+. The van der Waals surface area contributed by atoms with E-state index in [0.29, 0.717) is 17.0 Å². The maximum absolute atomic E-state index is 12.1. The van der Waals surface area contributed by atoms with Crippen LogP contribution in [0, 0.1) is 11.3 Å². The van der Waals surface area contributed by atoms with Gasteiger partial charge in [-0.3, -0.25) is 4.79 Å². The van der Waals surface area contributed by atoms with Gasteiger partial charge in [-0.05, 0) is 30.3 Å². The zero-order chi connectivity index (χ0) is 15.9. The normalized spacial score (nSPS) is 10.6. The fourth-order valence-electron chi connectivity index (χ4n) is 1.80. The second-order valence-corrected chi connectivity index (χ2v) is 4.41. The van der Waals surface area contributed by atoms with E-state index >= 15 is 0 Å². The third-order valence-corrected chi connectivity index (χ3v) is 2.93. The van der Waals surface area contributed by atoms with Crippen molar-refractivity contribution in [1.29, 1.82) is 5.26 Å². The van der Waals surface area contributed by atoms with Crippen LogP contribution >= 0.6 is 0 Å². The van der Waals surface area contributed by atoms with Crippen molar-refractivity contribution in [3.63, 3.8) is 0 Å². The zero-order valence-corrected chi connectivity index (χ0v) is 11.9. The molecule has 5 heteroatoms. The number of anilines is 1. The number of methoxy groups -OCH3 is 1. The summed E-state index contributed by atoms with van der Waals surface area (Å²) in [6.45, 7) is 0. The molecule has 0 aliphatic rings. The van der Waals surface area contributed by atoms with Gasteiger partial charge in [-0.2, -0.15) is 5.26 Å². The Kier molecular flexibility index (Phi) is 4.78. The minimum Gasteiger partial charge on any atom is -0.507 e. The first-order chi connectivity index (χ1) is 10.6. The van der Waals surface area contributed by atoms with Crippen molar-refractivity contribution >= 4 is 17.7 Å². The lowest BCUT2D eigenvalue weighted by Gasteiger charge is -2.05. The fraction of sp³-hybridized carbons (Fsp3) is 0.0588. The second kappa shape index (κ2) is 6.95. The quantitative estimate of drug-likeness (QED) is 0.671. The number of carbonyl (C=O) groups is 1. The molecule has 2 N–H and O–H groups in total. The van der Waals surface area contributed by atoms with Crippen LogP contribution < -0.4 is 10.1 Å². The van der Waals surface area contributed by atoms with E-state index in [2.05, 4.69) is 5.32 Å². The Morgan fingerprint density at radius 2 is 2.00 bits per heavy atom. The summed E-state index contributed by atoms with van der Waals surface area (Å²) >= 11 is 0. The van der Waals surface area contributed by atoms with E-state index < -0.39 is 5.91 Å². The molecule has 22 heavy (non-hydrogen) atoms. The first-order valence-electron chi connectivity index (χ1n) is 6.49. The molecule has 5 nitrogen and oxygen atoms in total. The Balaban J connectivity index is 2.24. The molecular formula is C17H14N2O3. The van der Waals surface area contributed by atoms with E-state index in [1.165, 1.54) is 19.3 Å². The third kappa shape index (κ3) is 3.64. The molecule has 0 unspecified atom stereocenters. The van der Waals surface area contributed by atoms with Gasteiger partial charge in [0.25, 0.3) is 5.91 Å². The molecule has 0 heterocycles. The number of aromatic hydroxyl groups is 1. The Bertz CT molecular complexity index is 746. The van der Waals surface area contributed by atoms with E-state index in [4.69, 9.17) is 10.00 Å². The van der Waals surface area contributed by atoms with Gasteiger partial charge in [0.15, 0.2) is 0 Å². The zero-order valence-electron chi connectivity index (χ0n) is 11.9. The molecule has 2 aromatic rings. The summed E-state index contributed by atoms with van der Waals surface area (Å²) in [4.78, 5) is 12.1. The topological polar surface area (TPSA) is 82.3 Å². The largest absolute Gasteiger partial charge is 0.507 e. The van der Waals surface area contributed by atoms with Crippen molar-refractivity contribution in [3.05, 3.63) is 59.7 Å². The maximum atomic E-state index is 12.1. The monoisotopic (exact) mass is 294 g/mol. The molecule has 0 bridgehead atoms. The van der Waals surface area contributed by atoms with Gasteiger partial charge < -0.3 is 15.2 Å². The molecule has 110 valence electrons. The van der Waals surface area contributed by atoms with Crippen LogP contribution in [0.5, 0.6) is 11.5 Å². The Morgan fingerprint density at radius 3 is 2.59 bits per heavy atom. The van der Waals surface area contributed by atoms with Gasteiger partial charge in [-0.25, -0.2) is 0 Å². The Labute approximate surface area is 128 Å². The summed E-state index contributed by atoms with van der Waals surface area (Å²) in [5.41, 5.74) is 0.845. The molecule has 0 saturated carbocycles. The molecule has 2 aromatic carbocycles. The van der Waals surface area contributed by atoms with Crippen molar-refractivity contribution in [1.82, 2.24) is 0 Å². The van der Waals surface area contributed by atoms with Gasteiger partial charge in [0, 0.05) is 17.3 Å². The predicted octanol–water partition coefficient (Wildman–Crippen LogP) is 2.95. The number of nitrogens with zero attached hydrogens (tertiary/aromatic N) is 1. The Morgan fingerprint density at radius 1 is 1.27 bits per heavy atom. The first kappa shape index (κ1) is 15.1. The summed E-state index contributed by atoms with van der Waals surface area (Å²) in [6, 6.07) is 15.3. The van der Waals surface area contributed by atoms with Gasteiger partial charge in [-0.1, -0.05) is 18.2 Å². The number of hydrogen-bond donors (Lipinski definition) is 2. The van der Waals surface area contributed by atoms with E-state index in [9.17, 15) is 9.90 Å². The van der Waals surface area contributed by atoms with Crippen LogP contribution in [0.4, 0.5) is 5.69 Å². The van der Waals surface area contributed by atoms with Gasteiger partial charge in [0.2, 0.25) is 0 Å². The molecule has 0 spiro atoms. The lowest BCUT2D eigenvalue weighted by Crippen LogP contribution is -2.13. The highest BCUT2D eigenvalue weighted by Gasteiger charge is 2.11. The van der Waals surface area contributed by atoms with Crippen molar-refractivity contribution in [2.24, 2.45) is 0 Å². The van der Waals surface area contributed by atoms with Gasteiger partial charge >= 0.3 is 0 Å². The smallest absolute Gasteiger partial charge is 0.266 e. The molecule has 0 aromatic heterocycles. The summed E-state index contributed by atoms with van der Waals surface area (Å²) in [7, 11) is 1.48. The lowest BCUT2D eigenvalue weighted by atomic mass is 10.1. The summed E-state index contributed by atoms with van der Waals surface area (Å²) < 4.78 is 4.98. The van der Waals surface area contributed by atoms with Gasteiger partial charge in [0.1, 0.15) is 23.1 Å². The summed E-state index contributed by atoms with van der Waals surface area (Å²) in [5.74, 6) is -0.120. The van der Waals surface area contributed by atoms with E-state index in [0.717, 1.165) is 0 Å².